The van der Waals surface area contributed by atoms with E-state index in [-0.39, 0.29) is 5.69 Å². The number of aliphatic hydroxyl groups excluding tert-OH is 2. The second kappa shape index (κ2) is 6.92. The van der Waals surface area contributed by atoms with Crippen molar-refractivity contribution < 1.29 is 28.2 Å². The number of terminal acetylenes is 1. The third-order valence-corrected chi connectivity index (χ3v) is 2.42. The average Bonchev–Trinajstić information content (AvgIpc) is 2.43. The molecular weight excluding hydrogens is 287 g/mol. The summed E-state index contributed by atoms with van der Waals surface area (Å²) in [6, 6.07) is 3.86. The summed E-state index contributed by atoms with van der Waals surface area (Å²) in [7, 11) is 0. The van der Waals surface area contributed by atoms with Gasteiger partial charge in [-0.15, -0.1) is 6.42 Å². The first-order valence-corrected chi connectivity index (χ1v) is 5.72. The highest BCUT2D eigenvalue weighted by Gasteiger charge is 2.29. The molecule has 0 aliphatic heterocycles. The van der Waals surface area contributed by atoms with Crippen molar-refractivity contribution in [1.29, 1.82) is 0 Å². The molecule has 0 bridgehead atoms. The Morgan fingerprint density at radius 1 is 1.29 bits per heavy atom. The van der Waals surface area contributed by atoms with E-state index >= 15 is 0 Å². The zero-order valence-corrected chi connectivity index (χ0v) is 10.6. The quantitative estimate of drug-likeness (QED) is 0.584. The Labute approximate surface area is 118 Å². The minimum atomic E-state index is -4.45. The number of hydrogen-bond donors (Lipinski definition) is 3. The predicted molar refractivity (Wildman–Crippen MR) is 70.1 cm³/mol. The lowest BCUT2D eigenvalue weighted by Gasteiger charge is -2.08. The highest BCUT2D eigenvalue weighted by atomic mass is 19.4. The summed E-state index contributed by atoms with van der Waals surface area (Å²) in [6.07, 6.45) is -0.538. The minimum absolute atomic E-state index is 0.157. The van der Waals surface area contributed by atoms with Gasteiger partial charge in [0.1, 0.15) is 12.2 Å². The first kappa shape index (κ1) is 16.8. The minimum Gasteiger partial charge on any atom is -0.385 e. The third kappa shape index (κ3) is 5.30. The number of carbonyl (C=O) groups excluding carboxylic acids is 1. The number of amides is 1. The van der Waals surface area contributed by atoms with E-state index in [1.165, 1.54) is 0 Å². The van der Waals surface area contributed by atoms with Crippen LogP contribution in [0.15, 0.2) is 36.4 Å². The average molecular weight is 299 g/mol. The molecule has 0 spiro atoms. The molecule has 0 heterocycles. The number of anilines is 1. The molecule has 21 heavy (non-hydrogen) atoms. The Morgan fingerprint density at radius 3 is 2.33 bits per heavy atom. The van der Waals surface area contributed by atoms with Crippen LogP contribution in [0.1, 0.15) is 5.56 Å². The number of aliphatic hydroxyl groups is 2. The zero-order valence-electron chi connectivity index (χ0n) is 10.6. The van der Waals surface area contributed by atoms with Gasteiger partial charge in [-0.3, -0.25) is 4.79 Å². The van der Waals surface area contributed by atoms with Crippen LogP contribution < -0.4 is 5.32 Å². The van der Waals surface area contributed by atoms with E-state index in [0.717, 1.165) is 36.4 Å². The molecule has 7 heteroatoms. The van der Waals surface area contributed by atoms with E-state index in [1.807, 2.05) is 5.92 Å². The second-order valence-electron chi connectivity index (χ2n) is 4.03. The highest BCUT2D eigenvalue weighted by Crippen LogP contribution is 2.29. The van der Waals surface area contributed by atoms with Gasteiger partial charge in [0.15, 0.2) is 0 Å². The summed E-state index contributed by atoms with van der Waals surface area (Å²) in [4.78, 5) is 11.4. The van der Waals surface area contributed by atoms with Crippen LogP contribution in [-0.4, -0.2) is 28.3 Å². The van der Waals surface area contributed by atoms with Crippen LogP contribution in [0.5, 0.6) is 0 Å². The molecular formula is C14H12F3NO3. The monoisotopic (exact) mass is 299 g/mol. The van der Waals surface area contributed by atoms with Gasteiger partial charge in [0.25, 0.3) is 0 Å². The van der Waals surface area contributed by atoms with Crippen molar-refractivity contribution in [2.75, 3.05) is 5.32 Å². The van der Waals surface area contributed by atoms with Gasteiger partial charge >= 0.3 is 6.18 Å². The SMILES string of the molecule is C#CC(O)C(O)C=CC(=O)Nc1ccc(C(F)(F)F)cc1. The number of rotatable bonds is 4. The zero-order chi connectivity index (χ0) is 16.0. The summed E-state index contributed by atoms with van der Waals surface area (Å²) in [5.41, 5.74) is -0.673. The fourth-order valence-corrected chi connectivity index (χ4v) is 1.32. The maximum Gasteiger partial charge on any atom is 0.416 e. The lowest BCUT2D eigenvalue weighted by Crippen LogP contribution is -2.22. The number of alkyl halides is 3. The van der Waals surface area contributed by atoms with Gasteiger partial charge in [0, 0.05) is 11.8 Å². The third-order valence-electron chi connectivity index (χ3n) is 2.42. The predicted octanol–water partition coefficient (Wildman–Crippen LogP) is 1.56. The molecule has 2 unspecified atom stereocenters. The van der Waals surface area contributed by atoms with Crippen molar-refractivity contribution in [3.8, 4) is 12.3 Å². The molecule has 0 saturated heterocycles. The molecule has 1 aromatic rings. The molecule has 112 valence electrons. The van der Waals surface area contributed by atoms with Gasteiger partial charge < -0.3 is 15.5 Å². The molecule has 1 amide bonds. The van der Waals surface area contributed by atoms with Gasteiger partial charge in [-0.2, -0.15) is 13.2 Å². The summed E-state index contributed by atoms with van der Waals surface area (Å²) in [5, 5.41) is 20.6. The molecule has 3 N–H and O–H groups in total. The summed E-state index contributed by atoms with van der Waals surface area (Å²) >= 11 is 0. The van der Waals surface area contributed by atoms with Crippen LogP contribution in [0.3, 0.4) is 0 Å². The Balaban J connectivity index is 2.64. The standard InChI is InChI=1S/C14H12F3NO3/c1-2-11(19)12(20)7-8-13(21)18-10-5-3-9(4-6-10)14(15,16)17/h1,3-8,11-12,19-20H,(H,18,21). The van der Waals surface area contributed by atoms with E-state index in [1.54, 1.807) is 0 Å². The van der Waals surface area contributed by atoms with Gasteiger partial charge in [-0.1, -0.05) is 5.92 Å². The van der Waals surface area contributed by atoms with Crippen molar-refractivity contribution in [2.45, 2.75) is 18.4 Å². The molecule has 1 rings (SSSR count). The molecule has 0 fully saturated rings. The normalized spacial score (nSPS) is 14.5. The van der Waals surface area contributed by atoms with Gasteiger partial charge in [-0.05, 0) is 30.3 Å². The summed E-state index contributed by atoms with van der Waals surface area (Å²) < 4.78 is 37.0. The molecule has 0 saturated carbocycles. The Kier molecular flexibility index (Phi) is 5.52. The maximum atomic E-state index is 12.3. The molecule has 0 aliphatic carbocycles. The Hall–Kier alpha value is -2.30. The smallest absolute Gasteiger partial charge is 0.385 e. The topological polar surface area (TPSA) is 69.6 Å². The number of hydrogen-bond acceptors (Lipinski definition) is 3. The van der Waals surface area contributed by atoms with Crippen LogP contribution in [0.2, 0.25) is 0 Å². The van der Waals surface area contributed by atoms with Gasteiger partial charge in [0.05, 0.1) is 5.56 Å². The lowest BCUT2D eigenvalue weighted by molar-refractivity contribution is -0.137. The Bertz CT molecular complexity index is 558. The molecule has 0 radical (unpaired) electrons. The van der Waals surface area contributed by atoms with Crippen LogP contribution in [0.4, 0.5) is 18.9 Å². The van der Waals surface area contributed by atoms with E-state index in [4.69, 9.17) is 11.5 Å². The number of carbonyl (C=O) groups is 1. The highest BCUT2D eigenvalue weighted by molar-refractivity contribution is 5.99. The fourth-order valence-electron chi connectivity index (χ4n) is 1.32. The molecule has 4 nitrogen and oxygen atoms in total. The van der Waals surface area contributed by atoms with Crippen molar-refractivity contribution in [2.24, 2.45) is 0 Å². The first-order valence-electron chi connectivity index (χ1n) is 5.72. The fraction of sp³-hybridized carbons (Fsp3) is 0.214. The van der Waals surface area contributed by atoms with Crippen molar-refractivity contribution in [3.05, 3.63) is 42.0 Å². The van der Waals surface area contributed by atoms with Crippen molar-refractivity contribution in [1.82, 2.24) is 0 Å². The van der Waals surface area contributed by atoms with Gasteiger partial charge in [-0.25, -0.2) is 0 Å². The molecule has 1 aromatic carbocycles. The number of halogens is 3. The second-order valence-corrected chi connectivity index (χ2v) is 4.03. The Morgan fingerprint density at radius 2 is 1.86 bits per heavy atom. The van der Waals surface area contributed by atoms with E-state index in [9.17, 15) is 23.1 Å². The number of nitrogens with one attached hydrogen (secondary N) is 1. The molecule has 0 aromatic heterocycles. The summed E-state index contributed by atoms with van der Waals surface area (Å²) in [5.74, 6) is 1.19. The van der Waals surface area contributed by atoms with E-state index < -0.39 is 29.9 Å². The van der Waals surface area contributed by atoms with E-state index in [0.29, 0.717) is 0 Å². The van der Waals surface area contributed by atoms with Crippen molar-refractivity contribution >= 4 is 11.6 Å². The lowest BCUT2D eigenvalue weighted by atomic mass is 10.2. The molecule has 0 aliphatic rings. The first-order chi connectivity index (χ1) is 9.74. The molecule has 2 atom stereocenters. The van der Waals surface area contributed by atoms with Crippen molar-refractivity contribution in [3.63, 3.8) is 0 Å². The number of benzene rings is 1. The van der Waals surface area contributed by atoms with Crippen LogP contribution in [0, 0.1) is 12.3 Å². The van der Waals surface area contributed by atoms with Crippen LogP contribution in [-0.2, 0) is 11.0 Å². The maximum absolute atomic E-state index is 12.3. The summed E-state index contributed by atoms with van der Waals surface area (Å²) in [6.45, 7) is 0. The van der Waals surface area contributed by atoms with Gasteiger partial charge in [0.2, 0.25) is 5.91 Å². The largest absolute Gasteiger partial charge is 0.416 e. The van der Waals surface area contributed by atoms with Crippen LogP contribution >= 0.6 is 0 Å². The van der Waals surface area contributed by atoms with E-state index in [2.05, 4.69) is 5.32 Å². The van der Waals surface area contributed by atoms with Crippen LogP contribution in [0.25, 0.3) is 0 Å².